The standard InChI is InChI=1S/C16H25NO2/c1-4-6-7-12(5-2)10-13-11-14(17-3)8-9-15(13)16(18)19/h8-9,11-12,17H,4-7,10H2,1-3H3,(H,18,19). The van der Waals surface area contributed by atoms with Gasteiger partial charge in [-0.3, -0.25) is 0 Å². The SMILES string of the molecule is CCCCC(CC)Cc1cc(NC)ccc1C(=O)O. The maximum Gasteiger partial charge on any atom is 0.335 e. The molecule has 0 spiro atoms. The minimum Gasteiger partial charge on any atom is -0.478 e. The van der Waals surface area contributed by atoms with E-state index in [1.165, 1.54) is 19.3 Å². The molecule has 0 fully saturated rings. The van der Waals surface area contributed by atoms with Gasteiger partial charge in [-0.2, -0.15) is 0 Å². The summed E-state index contributed by atoms with van der Waals surface area (Å²) in [7, 11) is 1.86. The molecule has 1 unspecified atom stereocenters. The Balaban J connectivity index is 2.92. The Labute approximate surface area is 116 Å². The van der Waals surface area contributed by atoms with E-state index in [1.54, 1.807) is 6.07 Å². The van der Waals surface area contributed by atoms with E-state index in [-0.39, 0.29) is 0 Å². The lowest BCUT2D eigenvalue weighted by Gasteiger charge is -2.16. The number of carboxylic acids is 1. The second-order valence-corrected chi connectivity index (χ2v) is 5.05. The fraction of sp³-hybridized carbons (Fsp3) is 0.562. The van der Waals surface area contributed by atoms with Crippen LogP contribution in [0.15, 0.2) is 18.2 Å². The summed E-state index contributed by atoms with van der Waals surface area (Å²) in [5, 5.41) is 12.3. The van der Waals surface area contributed by atoms with Gasteiger partial charge < -0.3 is 10.4 Å². The van der Waals surface area contributed by atoms with Crippen LogP contribution in [0, 0.1) is 5.92 Å². The number of unbranched alkanes of at least 4 members (excludes halogenated alkanes) is 1. The molecule has 0 bridgehead atoms. The molecular weight excluding hydrogens is 238 g/mol. The number of hydrogen-bond donors (Lipinski definition) is 2. The number of nitrogens with one attached hydrogen (secondary N) is 1. The van der Waals surface area contributed by atoms with E-state index in [2.05, 4.69) is 19.2 Å². The van der Waals surface area contributed by atoms with Gasteiger partial charge in [0.15, 0.2) is 0 Å². The summed E-state index contributed by atoms with van der Waals surface area (Å²) in [4.78, 5) is 11.3. The molecule has 0 amide bonds. The largest absolute Gasteiger partial charge is 0.478 e. The van der Waals surface area contributed by atoms with E-state index in [9.17, 15) is 9.90 Å². The highest BCUT2D eigenvalue weighted by Gasteiger charge is 2.14. The lowest BCUT2D eigenvalue weighted by molar-refractivity contribution is 0.0695. The molecule has 3 heteroatoms. The highest BCUT2D eigenvalue weighted by Crippen LogP contribution is 2.23. The van der Waals surface area contributed by atoms with Crippen molar-refractivity contribution in [2.45, 2.75) is 46.0 Å². The molecule has 0 aliphatic heterocycles. The van der Waals surface area contributed by atoms with E-state index in [0.29, 0.717) is 11.5 Å². The molecular formula is C16H25NO2. The van der Waals surface area contributed by atoms with Gasteiger partial charge in [0.1, 0.15) is 0 Å². The number of hydrogen-bond acceptors (Lipinski definition) is 2. The van der Waals surface area contributed by atoms with Gasteiger partial charge in [-0.05, 0) is 36.1 Å². The second kappa shape index (κ2) is 7.82. The van der Waals surface area contributed by atoms with E-state index in [0.717, 1.165) is 24.1 Å². The van der Waals surface area contributed by atoms with Crippen molar-refractivity contribution in [2.24, 2.45) is 5.92 Å². The fourth-order valence-electron chi connectivity index (χ4n) is 2.38. The Morgan fingerprint density at radius 2 is 2.11 bits per heavy atom. The molecule has 0 radical (unpaired) electrons. The molecule has 19 heavy (non-hydrogen) atoms. The van der Waals surface area contributed by atoms with E-state index >= 15 is 0 Å². The van der Waals surface area contributed by atoms with Gasteiger partial charge in [0.25, 0.3) is 0 Å². The number of carboxylic acid groups (broad SMARTS) is 1. The second-order valence-electron chi connectivity index (χ2n) is 5.05. The molecule has 3 nitrogen and oxygen atoms in total. The first-order valence-corrected chi connectivity index (χ1v) is 7.16. The van der Waals surface area contributed by atoms with Crippen LogP contribution in [0.4, 0.5) is 5.69 Å². The molecule has 1 aromatic rings. The highest BCUT2D eigenvalue weighted by atomic mass is 16.4. The number of anilines is 1. The summed E-state index contributed by atoms with van der Waals surface area (Å²) >= 11 is 0. The summed E-state index contributed by atoms with van der Waals surface area (Å²) in [6.07, 6.45) is 5.54. The maximum absolute atomic E-state index is 11.3. The van der Waals surface area contributed by atoms with E-state index in [4.69, 9.17) is 0 Å². The zero-order chi connectivity index (χ0) is 14.3. The van der Waals surface area contributed by atoms with Gasteiger partial charge in [-0.1, -0.05) is 39.5 Å². The van der Waals surface area contributed by atoms with Crippen LogP contribution in [0.2, 0.25) is 0 Å². The number of carbonyl (C=O) groups is 1. The molecule has 1 aromatic carbocycles. The predicted octanol–water partition coefficient (Wildman–Crippen LogP) is 4.19. The maximum atomic E-state index is 11.3. The van der Waals surface area contributed by atoms with Crippen LogP contribution in [-0.2, 0) is 6.42 Å². The lowest BCUT2D eigenvalue weighted by atomic mass is 9.89. The van der Waals surface area contributed by atoms with Crippen molar-refractivity contribution in [3.8, 4) is 0 Å². The third-order valence-corrected chi connectivity index (χ3v) is 3.68. The van der Waals surface area contributed by atoms with Crippen molar-refractivity contribution in [2.75, 3.05) is 12.4 Å². The predicted molar refractivity (Wildman–Crippen MR) is 80.0 cm³/mol. The van der Waals surface area contributed by atoms with Gasteiger partial charge in [0.05, 0.1) is 5.56 Å². The number of benzene rings is 1. The molecule has 0 aromatic heterocycles. The van der Waals surface area contributed by atoms with Gasteiger partial charge in [-0.15, -0.1) is 0 Å². The zero-order valence-corrected chi connectivity index (χ0v) is 12.2. The average Bonchev–Trinajstić information content (AvgIpc) is 2.42. The molecule has 0 heterocycles. The first kappa shape index (κ1) is 15.5. The lowest BCUT2D eigenvalue weighted by Crippen LogP contribution is -2.09. The van der Waals surface area contributed by atoms with E-state index in [1.807, 2.05) is 19.2 Å². The molecule has 0 saturated carbocycles. The smallest absolute Gasteiger partial charge is 0.335 e. The van der Waals surface area contributed by atoms with Gasteiger partial charge in [0.2, 0.25) is 0 Å². The summed E-state index contributed by atoms with van der Waals surface area (Å²) in [6.45, 7) is 4.37. The minimum atomic E-state index is -0.831. The Morgan fingerprint density at radius 1 is 1.37 bits per heavy atom. The third-order valence-electron chi connectivity index (χ3n) is 3.68. The van der Waals surface area contributed by atoms with E-state index < -0.39 is 5.97 Å². The first-order valence-electron chi connectivity index (χ1n) is 7.16. The van der Waals surface area contributed by atoms with Gasteiger partial charge >= 0.3 is 5.97 Å². The van der Waals surface area contributed by atoms with Crippen LogP contribution < -0.4 is 5.32 Å². The highest BCUT2D eigenvalue weighted by molar-refractivity contribution is 5.90. The number of aromatic carboxylic acids is 1. The number of rotatable bonds is 8. The van der Waals surface area contributed by atoms with Crippen molar-refractivity contribution < 1.29 is 9.90 Å². The summed E-state index contributed by atoms with van der Waals surface area (Å²) in [5.74, 6) is -0.256. The topological polar surface area (TPSA) is 49.3 Å². The van der Waals surface area contributed by atoms with Crippen molar-refractivity contribution in [1.29, 1.82) is 0 Å². The van der Waals surface area contributed by atoms with Gasteiger partial charge in [0, 0.05) is 12.7 Å². The minimum absolute atomic E-state index is 0.439. The summed E-state index contributed by atoms with van der Waals surface area (Å²) in [5.41, 5.74) is 2.36. The van der Waals surface area contributed by atoms with Crippen LogP contribution in [0.1, 0.15) is 55.5 Å². The van der Waals surface area contributed by atoms with Gasteiger partial charge in [-0.25, -0.2) is 4.79 Å². The van der Waals surface area contributed by atoms with Crippen molar-refractivity contribution in [3.63, 3.8) is 0 Å². The molecule has 2 N–H and O–H groups in total. The Morgan fingerprint density at radius 3 is 2.63 bits per heavy atom. The van der Waals surface area contributed by atoms with Crippen LogP contribution >= 0.6 is 0 Å². The quantitative estimate of drug-likeness (QED) is 0.739. The van der Waals surface area contributed by atoms with Crippen LogP contribution in [-0.4, -0.2) is 18.1 Å². The molecule has 106 valence electrons. The molecule has 0 saturated heterocycles. The van der Waals surface area contributed by atoms with Crippen LogP contribution in [0.25, 0.3) is 0 Å². The summed E-state index contributed by atoms with van der Waals surface area (Å²) in [6, 6.07) is 5.49. The average molecular weight is 263 g/mol. The van der Waals surface area contributed by atoms with Crippen molar-refractivity contribution >= 4 is 11.7 Å². The monoisotopic (exact) mass is 263 g/mol. The molecule has 0 aliphatic rings. The molecule has 1 atom stereocenters. The summed E-state index contributed by atoms with van der Waals surface area (Å²) < 4.78 is 0. The van der Waals surface area contributed by atoms with Crippen LogP contribution in [0.5, 0.6) is 0 Å². The normalized spacial score (nSPS) is 12.2. The molecule has 0 aliphatic carbocycles. The zero-order valence-electron chi connectivity index (χ0n) is 12.2. The Bertz CT molecular complexity index is 415. The Kier molecular flexibility index (Phi) is 6.40. The molecule has 1 rings (SSSR count). The Hall–Kier alpha value is -1.51. The first-order chi connectivity index (χ1) is 9.12. The van der Waals surface area contributed by atoms with Crippen LogP contribution in [0.3, 0.4) is 0 Å². The fourth-order valence-corrected chi connectivity index (χ4v) is 2.38. The van der Waals surface area contributed by atoms with Crippen molar-refractivity contribution in [1.82, 2.24) is 0 Å². The van der Waals surface area contributed by atoms with Crippen molar-refractivity contribution in [3.05, 3.63) is 29.3 Å². The third kappa shape index (κ3) is 4.58.